The third kappa shape index (κ3) is 4.59. The molecule has 3 rings (SSSR count). The van der Waals surface area contributed by atoms with Crippen LogP contribution in [-0.4, -0.2) is 43.1 Å². The number of carboxylic acid groups (broad SMARTS) is 1. The first-order valence-corrected chi connectivity index (χ1v) is 9.50. The fraction of sp³-hybridized carbons (Fsp3) is 0.238. The summed E-state index contributed by atoms with van der Waals surface area (Å²) in [5.41, 5.74) is -2.31. The molecule has 0 spiro atoms. The second-order valence-corrected chi connectivity index (χ2v) is 7.28. The molecule has 0 radical (unpaired) electrons. The lowest BCUT2D eigenvalue weighted by atomic mass is 9.79. The summed E-state index contributed by atoms with van der Waals surface area (Å²) in [6.45, 7) is 0.179. The summed E-state index contributed by atoms with van der Waals surface area (Å²) in [5.74, 6) is -9.14. The highest BCUT2D eigenvalue weighted by Crippen LogP contribution is 2.37. The number of aromatic nitrogens is 3. The summed E-state index contributed by atoms with van der Waals surface area (Å²) < 4.78 is 43.7. The van der Waals surface area contributed by atoms with Gasteiger partial charge < -0.3 is 5.11 Å². The second kappa shape index (κ2) is 9.18. The van der Waals surface area contributed by atoms with Crippen LogP contribution in [0.5, 0.6) is 0 Å². The van der Waals surface area contributed by atoms with Crippen molar-refractivity contribution in [1.82, 2.24) is 14.8 Å². The molecule has 0 fully saturated rings. The highest BCUT2D eigenvalue weighted by Gasteiger charge is 2.41. The van der Waals surface area contributed by atoms with E-state index < -0.39 is 69.2 Å². The minimum atomic E-state index is -1.76. The number of hydrogen-bond donors (Lipinski definition) is 1. The summed E-state index contributed by atoms with van der Waals surface area (Å²) in [6, 6.07) is 5.04. The van der Waals surface area contributed by atoms with Crippen LogP contribution in [0.2, 0.25) is 0 Å². The fourth-order valence-electron chi connectivity index (χ4n) is 3.62. The number of Topliss-reactive ketones (excluding diaryl/α,β-unsaturated/α-hetero) is 1. The molecule has 0 saturated heterocycles. The van der Waals surface area contributed by atoms with Crippen LogP contribution in [0.1, 0.15) is 49.5 Å². The third-order valence-corrected chi connectivity index (χ3v) is 5.28. The van der Waals surface area contributed by atoms with Gasteiger partial charge in [0.05, 0.1) is 23.0 Å². The van der Waals surface area contributed by atoms with Crippen molar-refractivity contribution in [3.8, 4) is 0 Å². The average molecular weight is 462 g/mol. The predicted octanol–water partition coefficient (Wildman–Crippen LogP) is 3.27. The summed E-state index contributed by atoms with van der Waals surface area (Å²) >= 11 is 0. The van der Waals surface area contributed by atoms with Gasteiger partial charge in [-0.15, -0.1) is 0 Å². The van der Waals surface area contributed by atoms with Crippen molar-refractivity contribution < 1.29 is 32.8 Å². The Kier molecular flexibility index (Phi) is 6.56. The van der Waals surface area contributed by atoms with Crippen LogP contribution in [0.3, 0.4) is 0 Å². The predicted molar refractivity (Wildman–Crippen MR) is 107 cm³/mol. The standard InChI is InChI=1S/C21H17F3N4O5/c1-10-15(23)7-13(21(30)31)16(18(10)24)19(29)17(20-25-9-26-27(20)2)14(8-28(32)33)11-3-5-12(22)6-4-11/h3-7,9,14,17H,8H2,1-2H3,(H,30,31). The molecule has 2 atom stereocenters. The molecule has 0 aliphatic rings. The lowest BCUT2D eigenvalue weighted by Crippen LogP contribution is -2.30. The number of halogens is 3. The van der Waals surface area contributed by atoms with Gasteiger partial charge in [0.25, 0.3) is 0 Å². The maximum Gasteiger partial charge on any atom is 0.336 e. The molecule has 0 amide bonds. The zero-order valence-corrected chi connectivity index (χ0v) is 17.3. The molecule has 33 heavy (non-hydrogen) atoms. The topological polar surface area (TPSA) is 128 Å². The van der Waals surface area contributed by atoms with E-state index in [4.69, 9.17) is 0 Å². The molecule has 1 aromatic heterocycles. The molecule has 12 heteroatoms. The molecule has 3 aromatic rings. The monoisotopic (exact) mass is 462 g/mol. The number of carbonyl (C=O) groups is 2. The smallest absolute Gasteiger partial charge is 0.336 e. The van der Waals surface area contributed by atoms with Gasteiger partial charge in [0.2, 0.25) is 6.54 Å². The van der Waals surface area contributed by atoms with E-state index in [1.807, 2.05) is 0 Å². The highest BCUT2D eigenvalue weighted by atomic mass is 19.1. The summed E-state index contributed by atoms with van der Waals surface area (Å²) in [7, 11) is 1.39. The molecule has 0 bridgehead atoms. The molecular formula is C21H17F3N4O5. The number of carboxylic acids is 1. The van der Waals surface area contributed by atoms with Gasteiger partial charge >= 0.3 is 5.97 Å². The van der Waals surface area contributed by atoms with Crippen molar-refractivity contribution in [3.05, 3.63) is 92.3 Å². The van der Waals surface area contributed by atoms with Gasteiger partial charge in [0.15, 0.2) is 5.78 Å². The van der Waals surface area contributed by atoms with Crippen molar-refractivity contribution in [1.29, 1.82) is 0 Å². The van der Waals surface area contributed by atoms with E-state index in [2.05, 4.69) is 10.1 Å². The SMILES string of the molecule is Cc1c(F)cc(C(=O)O)c(C(=O)C(c2ncnn2C)C(C[N+](=O)[O-])c2ccc(F)cc2)c1F. The molecule has 9 nitrogen and oxygen atoms in total. The van der Waals surface area contributed by atoms with Gasteiger partial charge in [0.1, 0.15) is 29.6 Å². The Morgan fingerprint density at radius 2 is 1.85 bits per heavy atom. The molecular weight excluding hydrogens is 445 g/mol. The first kappa shape index (κ1) is 23.6. The average Bonchev–Trinajstić information content (AvgIpc) is 3.16. The zero-order valence-electron chi connectivity index (χ0n) is 17.3. The van der Waals surface area contributed by atoms with E-state index in [0.717, 1.165) is 30.1 Å². The zero-order chi connectivity index (χ0) is 24.4. The number of ketones is 1. The van der Waals surface area contributed by atoms with Crippen LogP contribution in [0.15, 0.2) is 36.7 Å². The largest absolute Gasteiger partial charge is 0.478 e. The Labute approximate surface area is 184 Å². The van der Waals surface area contributed by atoms with Crippen LogP contribution in [0.4, 0.5) is 13.2 Å². The van der Waals surface area contributed by atoms with E-state index in [-0.39, 0.29) is 11.4 Å². The number of carbonyl (C=O) groups excluding carboxylic acids is 1. The van der Waals surface area contributed by atoms with Crippen LogP contribution in [0, 0.1) is 34.5 Å². The summed E-state index contributed by atoms with van der Waals surface area (Å²) in [6.07, 6.45) is 1.06. The van der Waals surface area contributed by atoms with Gasteiger partial charge in [-0.3, -0.25) is 19.6 Å². The molecule has 1 N–H and O–H groups in total. The Morgan fingerprint density at radius 3 is 2.36 bits per heavy atom. The van der Waals surface area contributed by atoms with E-state index >= 15 is 4.39 Å². The third-order valence-electron chi connectivity index (χ3n) is 5.28. The molecule has 1 heterocycles. The molecule has 2 aromatic carbocycles. The fourth-order valence-corrected chi connectivity index (χ4v) is 3.62. The first-order chi connectivity index (χ1) is 15.5. The molecule has 0 aliphatic carbocycles. The maximum atomic E-state index is 15.1. The first-order valence-electron chi connectivity index (χ1n) is 9.50. The van der Waals surface area contributed by atoms with E-state index in [1.54, 1.807) is 0 Å². The maximum absolute atomic E-state index is 15.1. The Hall–Kier alpha value is -4.09. The van der Waals surface area contributed by atoms with Crippen molar-refractivity contribution in [3.63, 3.8) is 0 Å². The van der Waals surface area contributed by atoms with Crippen LogP contribution < -0.4 is 0 Å². The van der Waals surface area contributed by atoms with Gasteiger partial charge in [-0.1, -0.05) is 12.1 Å². The van der Waals surface area contributed by atoms with Crippen LogP contribution in [-0.2, 0) is 7.05 Å². The lowest BCUT2D eigenvalue weighted by Gasteiger charge is -2.24. The second-order valence-electron chi connectivity index (χ2n) is 7.28. The van der Waals surface area contributed by atoms with E-state index in [1.165, 1.54) is 19.2 Å². The van der Waals surface area contributed by atoms with Gasteiger partial charge in [-0.2, -0.15) is 5.10 Å². The Bertz CT molecular complexity index is 1240. The molecule has 0 saturated carbocycles. The van der Waals surface area contributed by atoms with Crippen LogP contribution in [0.25, 0.3) is 0 Å². The molecule has 0 aliphatic heterocycles. The van der Waals surface area contributed by atoms with Crippen molar-refractivity contribution in [2.75, 3.05) is 6.54 Å². The number of hydrogen-bond acceptors (Lipinski definition) is 6. The number of nitro groups is 1. The van der Waals surface area contributed by atoms with Gasteiger partial charge in [-0.05, 0) is 30.7 Å². The van der Waals surface area contributed by atoms with Gasteiger partial charge in [0, 0.05) is 17.5 Å². The molecule has 172 valence electrons. The van der Waals surface area contributed by atoms with Gasteiger partial charge in [-0.25, -0.2) is 22.9 Å². The summed E-state index contributed by atoms with van der Waals surface area (Å²) in [5, 5.41) is 24.8. The highest BCUT2D eigenvalue weighted by molar-refractivity contribution is 6.09. The minimum absolute atomic E-state index is 0.117. The number of aromatic carboxylic acids is 1. The number of benzene rings is 2. The van der Waals surface area contributed by atoms with E-state index in [0.29, 0.717) is 6.07 Å². The van der Waals surface area contributed by atoms with E-state index in [9.17, 15) is 33.6 Å². The normalized spacial score (nSPS) is 12.9. The minimum Gasteiger partial charge on any atom is -0.478 e. The Morgan fingerprint density at radius 1 is 1.21 bits per heavy atom. The van der Waals surface area contributed by atoms with Crippen molar-refractivity contribution in [2.24, 2.45) is 7.05 Å². The number of rotatable bonds is 8. The number of nitrogens with zero attached hydrogens (tertiary/aromatic N) is 4. The lowest BCUT2D eigenvalue weighted by molar-refractivity contribution is -0.483. The summed E-state index contributed by atoms with van der Waals surface area (Å²) in [4.78, 5) is 40.1. The van der Waals surface area contributed by atoms with Crippen molar-refractivity contribution in [2.45, 2.75) is 18.8 Å². The molecule has 2 unspecified atom stereocenters. The number of aryl methyl sites for hydroxylation is 1. The van der Waals surface area contributed by atoms with Crippen molar-refractivity contribution >= 4 is 11.8 Å². The quantitative estimate of drug-likeness (QED) is 0.309. The Balaban J connectivity index is 2.30. The van der Waals surface area contributed by atoms with Crippen LogP contribution >= 0.6 is 0 Å².